The third kappa shape index (κ3) is 3.20. The van der Waals surface area contributed by atoms with Crippen LogP contribution in [0.2, 0.25) is 0 Å². The Balaban J connectivity index is 1.67. The van der Waals surface area contributed by atoms with Gasteiger partial charge in [0.15, 0.2) is 0 Å². The first-order valence-corrected chi connectivity index (χ1v) is 8.87. The zero-order valence-electron chi connectivity index (χ0n) is 15.0. The monoisotopic (exact) mass is 328 g/mol. The largest absolute Gasteiger partial charge is 0.496 e. The van der Waals surface area contributed by atoms with Crippen LogP contribution < -0.4 is 4.74 Å². The van der Waals surface area contributed by atoms with Crippen LogP contribution in [0.15, 0.2) is 30.3 Å². The normalized spacial score (nSPS) is 21.3. The molecular formula is C20H28N2O2. The van der Waals surface area contributed by atoms with Gasteiger partial charge in [0.1, 0.15) is 5.75 Å². The maximum Gasteiger partial charge on any atom is 0.246 e. The van der Waals surface area contributed by atoms with E-state index in [4.69, 9.17) is 4.74 Å². The Morgan fingerprint density at radius 2 is 1.88 bits per heavy atom. The molecule has 1 aromatic rings. The predicted molar refractivity (Wildman–Crippen MR) is 97.1 cm³/mol. The van der Waals surface area contributed by atoms with Crippen LogP contribution >= 0.6 is 0 Å². The van der Waals surface area contributed by atoms with Crippen molar-refractivity contribution >= 4 is 11.5 Å². The van der Waals surface area contributed by atoms with Crippen molar-refractivity contribution in [2.45, 2.75) is 38.1 Å². The highest BCUT2D eigenvalue weighted by atomic mass is 16.5. The van der Waals surface area contributed by atoms with Crippen molar-refractivity contribution in [3.8, 4) is 5.75 Å². The highest BCUT2D eigenvalue weighted by Crippen LogP contribution is 2.37. The lowest BCUT2D eigenvalue weighted by Gasteiger charge is -2.43. The molecular weight excluding hydrogens is 300 g/mol. The second-order valence-electron chi connectivity index (χ2n) is 7.10. The van der Waals surface area contributed by atoms with Gasteiger partial charge in [0.25, 0.3) is 0 Å². The highest BCUT2D eigenvalue weighted by molar-refractivity contribution is 5.95. The van der Waals surface area contributed by atoms with Gasteiger partial charge in [-0.3, -0.25) is 4.79 Å². The molecule has 1 amide bonds. The first-order chi connectivity index (χ1) is 11.6. The fourth-order valence-electron chi connectivity index (χ4n) is 4.17. The molecule has 0 N–H and O–H groups in total. The number of carbonyl (C=O) groups is 1. The molecule has 2 saturated heterocycles. The third-order valence-corrected chi connectivity index (χ3v) is 5.82. The van der Waals surface area contributed by atoms with Gasteiger partial charge in [-0.1, -0.05) is 18.2 Å². The van der Waals surface area contributed by atoms with E-state index in [2.05, 4.69) is 11.9 Å². The molecule has 0 unspecified atom stereocenters. The second kappa shape index (κ2) is 6.98. The van der Waals surface area contributed by atoms with E-state index in [1.165, 1.54) is 19.4 Å². The Bertz CT molecular complexity index is 630. The zero-order valence-corrected chi connectivity index (χ0v) is 15.0. The Labute approximate surface area is 145 Å². The smallest absolute Gasteiger partial charge is 0.246 e. The molecule has 4 heteroatoms. The van der Waals surface area contributed by atoms with Crippen LogP contribution in [-0.4, -0.2) is 55.0 Å². The van der Waals surface area contributed by atoms with Crippen LogP contribution in [0.3, 0.4) is 0 Å². The molecule has 130 valence electrons. The minimum Gasteiger partial charge on any atom is -0.496 e. The van der Waals surface area contributed by atoms with E-state index in [1.54, 1.807) is 13.2 Å². The molecule has 1 aromatic carbocycles. The number of hydrogen-bond acceptors (Lipinski definition) is 3. The summed E-state index contributed by atoms with van der Waals surface area (Å²) in [5, 5.41) is 0. The van der Waals surface area contributed by atoms with Crippen molar-refractivity contribution in [3.05, 3.63) is 35.9 Å². The number of para-hydroxylation sites is 1. The van der Waals surface area contributed by atoms with Crippen LogP contribution in [0.5, 0.6) is 5.75 Å². The van der Waals surface area contributed by atoms with E-state index >= 15 is 0 Å². The van der Waals surface area contributed by atoms with Gasteiger partial charge >= 0.3 is 0 Å². The number of hydrogen-bond donors (Lipinski definition) is 0. The molecule has 0 atom stereocenters. The number of amides is 1. The number of piperidine rings is 1. The van der Waals surface area contributed by atoms with E-state index in [0.717, 1.165) is 42.8 Å². The molecule has 0 bridgehead atoms. The molecule has 3 rings (SSSR count). The van der Waals surface area contributed by atoms with Gasteiger partial charge in [0, 0.05) is 30.3 Å². The molecule has 1 spiro atoms. The van der Waals surface area contributed by atoms with Crippen LogP contribution in [0, 0.1) is 0 Å². The lowest BCUT2D eigenvalue weighted by molar-refractivity contribution is -0.128. The average Bonchev–Trinajstić information content (AvgIpc) is 2.95. The summed E-state index contributed by atoms with van der Waals surface area (Å²) in [4.78, 5) is 17.2. The van der Waals surface area contributed by atoms with Crippen molar-refractivity contribution in [1.82, 2.24) is 9.80 Å². The molecule has 2 aliphatic rings. The predicted octanol–water partition coefficient (Wildman–Crippen LogP) is 3.19. The highest BCUT2D eigenvalue weighted by Gasteiger charge is 2.41. The molecule has 2 aliphatic heterocycles. The summed E-state index contributed by atoms with van der Waals surface area (Å²) < 4.78 is 5.40. The van der Waals surface area contributed by atoms with Gasteiger partial charge < -0.3 is 14.5 Å². The van der Waals surface area contributed by atoms with Crippen LogP contribution in [0.4, 0.5) is 0 Å². The summed E-state index contributed by atoms with van der Waals surface area (Å²) in [5.74, 6) is 0.929. The minimum absolute atomic E-state index is 0.119. The number of benzene rings is 1. The summed E-state index contributed by atoms with van der Waals surface area (Å²) >= 11 is 0. The van der Waals surface area contributed by atoms with Crippen molar-refractivity contribution in [2.75, 3.05) is 33.8 Å². The maximum absolute atomic E-state index is 12.7. The van der Waals surface area contributed by atoms with Crippen molar-refractivity contribution < 1.29 is 9.53 Å². The molecule has 2 fully saturated rings. The Kier molecular flexibility index (Phi) is 4.95. The van der Waals surface area contributed by atoms with E-state index in [-0.39, 0.29) is 5.91 Å². The maximum atomic E-state index is 12.7. The number of likely N-dealkylation sites (tertiary alicyclic amines) is 2. The minimum atomic E-state index is 0.119. The molecule has 0 aromatic heterocycles. The van der Waals surface area contributed by atoms with Crippen LogP contribution in [0.25, 0.3) is 5.57 Å². The molecule has 4 nitrogen and oxygen atoms in total. The first-order valence-electron chi connectivity index (χ1n) is 8.87. The second-order valence-corrected chi connectivity index (χ2v) is 7.10. The van der Waals surface area contributed by atoms with Gasteiger partial charge in [0.2, 0.25) is 5.91 Å². The van der Waals surface area contributed by atoms with Crippen molar-refractivity contribution in [1.29, 1.82) is 0 Å². The fraction of sp³-hybridized carbons (Fsp3) is 0.550. The Hall–Kier alpha value is -1.81. The number of nitrogens with zero attached hydrogens (tertiary/aromatic N) is 2. The molecule has 24 heavy (non-hydrogen) atoms. The van der Waals surface area contributed by atoms with E-state index in [1.807, 2.05) is 36.1 Å². The summed E-state index contributed by atoms with van der Waals surface area (Å²) in [5.41, 5.74) is 2.28. The number of allylic oxidation sites excluding steroid dienone is 1. The first kappa shape index (κ1) is 17.0. The lowest BCUT2D eigenvalue weighted by atomic mass is 9.85. The van der Waals surface area contributed by atoms with E-state index in [0.29, 0.717) is 5.54 Å². The zero-order chi connectivity index (χ0) is 17.2. The summed E-state index contributed by atoms with van der Waals surface area (Å²) in [6.07, 6.45) is 6.51. The summed E-state index contributed by atoms with van der Waals surface area (Å²) in [7, 11) is 3.90. The molecule has 0 saturated carbocycles. The fourth-order valence-corrected chi connectivity index (χ4v) is 4.17. The van der Waals surface area contributed by atoms with Crippen LogP contribution in [-0.2, 0) is 4.79 Å². The topological polar surface area (TPSA) is 32.8 Å². The van der Waals surface area contributed by atoms with E-state index < -0.39 is 0 Å². The van der Waals surface area contributed by atoms with E-state index in [9.17, 15) is 4.79 Å². The number of ether oxygens (including phenoxy) is 1. The quantitative estimate of drug-likeness (QED) is 0.799. The Morgan fingerprint density at radius 3 is 2.50 bits per heavy atom. The third-order valence-electron chi connectivity index (χ3n) is 5.82. The van der Waals surface area contributed by atoms with Gasteiger partial charge in [-0.25, -0.2) is 0 Å². The molecule has 0 radical (unpaired) electrons. The lowest BCUT2D eigenvalue weighted by Crippen LogP contribution is -2.51. The average molecular weight is 328 g/mol. The SMILES string of the molecule is COc1ccccc1/C(C)=C/C(=O)N1CCC2(CCCN2C)CC1. The van der Waals surface area contributed by atoms with Gasteiger partial charge in [-0.2, -0.15) is 0 Å². The number of carbonyl (C=O) groups excluding carboxylic acids is 1. The molecule has 0 aliphatic carbocycles. The summed E-state index contributed by atoms with van der Waals surface area (Å²) in [6, 6.07) is 7.84. The van der Waals surface area contributed by atoms with Gasteiger partial charge in [-0.15, -0.1) is 0 Å². The van der Waals surface area contributed by atoms with Gasteiger partial charge in [-0.05, 0) is 57.8 Å². The Morgan fingerprint density at radius 1 is 1.17 bits per heavy atom. The van der Waals surface area contributed by atoms with Crippen molar-refractivity contribution in [3.63, 3.8) is 0 Å². The summed E-state index contributed by atoms with van der Waals surface area (Å²) in [6.45, 7) is 4.89. The standard InChI is InChI=1S/C20H28N2O2/c1-16(17-7-4-5-8-18(17)24-3)15-19(23)22-13-10-20(11-14-22)9-6-12-21(20)2/h4-5,7-8,15H,6,9-14H2,1-3H3/b16-15+. The number of rotatable bonds is 3. The molecule has 2 heterocycles. The van der Waals surface area contributed by atoms with Gasteiger partial charge in [0.05, 0.1) is 7.11 Å². The van der Waals surface area contributed by atoms with Crippen LogP contribution in [0.1, 0.15) is 38.2 Å². The van der Waals surface area contributed by atoms with Crippen molar-refractivity contribution in [2.24, 2.45) is 0 Å². The number of methoxy groups -OCH3 is 1.